The van der Waals surface area contributed by atoms with Crippen molar-refractivity contribution in [2.45, 2.75) is 32.0 Å². The van der Waals surface area contributed by atoms with Gasteiger partial charge in [-0.25, -0.2) is 18.7 Å². The van der Waals surface area contributed by atoms with Crippen LogP contribution in [0, 0.1) is 11.6 Å². The van der Waals surface area contributed by atoms with Gasteiger partial charge in [0, 0.05) is 18.7 Å². The summed E-state index contributed by atoms with van der Waals surface area (Å²) in [4.78, 5) is 9.55. The number of aromatic nitrogens is 2. The summed E-state index contributed by atoms with van der Waals surface area (Å²) in [5.74, 6) is -1.09. The third-order valence-electron chi connectivity index (χ3n) is 4.64. The average molecular weight is 382 g/mol. The number of ether oxygens (including phenoxy) is 2. The summed E-state index contributed by atoms with van der Waals surface area (Å²) < 4.78 is 39.8. The van der Waals surface area contributed by atoms with Crippen LogP contribution in [0.25, 0.3) is 11.3 Å². The minimum Gasteiger partial charge on any atom is -0.353 e. The standard InChI is InChI=1S/C18H18ClF2N3O2/c19-18-22-9-14(21)16(23-18)13-8-12(20)7-11-4-5-24(17(11)13)10-26-15-3-1-2-6-25-15/h7-9,15H,1-6,10H2. The van der Waals surface area contributed by atoms with Gasteiger partial charge in [0.15, 0.2) is 12.1 Å². The summed E-state index contributed by atoms with van der Waals surface area (Å²) in [5.41, 5.74) is 1.85. The van der Waals surface area contributed by atoms with Gasteiger partial charge in [-0.2, -0.15) is 0 Å². The molecule has 0 bridgehead atoms. The largest absolute Gasteiger partial charge is 0.353 e. The molecule has 1 atom stereocenters. The third-order valence-corrected chi connectivity index (χ3v) is 4.83. The number of anilines is 1. The van der Waals surface area contributed by atoms with E-state index in [1.165, 1.54) is 12.1 Å². The molecule has 4 rings (SSSR count). The molecule has 0 amide bonds. The van der Waals surface area contributed by atoms with Crippen LogP contribution in [0.1, 0.15) is 24.8 Å². The zero-order valence-corrected chi connectivity index (χ0v) is 14.8. The van der Waals surface area contributed by atoms with Crippen molar-refractivity contribution in [2.24, 2.45) is 0 Å². The number of fused-ring (bicyclic) bond motifs is 1. The van der Waals surface area contributed by atoms with Gasteiger partial charge in [0.05, 0.1) is 11.9 Å². The topological polar surface area (TPSA) is 47.5 Å². The molecule has 1 saturated heterocycles. The van der Waals surface area contributed by atoms with Crippen LogP contribution in [0.2, 0.25) is 5.28 Å². The van der Waals surface area contributed by atoms with Gasteiger partial charge in [0.2, 0.25) is 5.28 Å². The van der Waals surface area contributed by atoms with Crippen molar-refractivity contribution in [1.29, 1.82) is 0 Å². The smallest absolute Gasteiger partial charge is 0.223 e. The highest BCUT2D eigenvalue weighted by Gasteiger charge is 2.27. The normalized spacial score (nSPS) is 19.7. The molecule has 138 valence electrons. The first-order valence-corrected chi connectivity index (χ1v) is 8.98. The fourth-order valence-corrected chi connectivity index (χ4v) is 3.58. The maximum atomic E-state index is 14.3. The number of rotatable bonds is 4. The van der Waals surface area contributed by atoms with Gasteiger partial charge < -0.3 is 14.4 Å². The Balaban J connectivity index is 1.65. The Morgan fingerprint density at radius 3 is 3.00 bits per heavy atom. The first kappa shape index (κ1) is 17.6. The zero-order chi connectivity index (χ0) is 18.1. The van der Waals surface area contributed by atoms with Crippen LogP contribution >= 0.6 is 11.6 Å². The van der Waals surface area contributed by atoms with Crippen molar-refractivity contribution in [1.82, 2.24) is 9.97 Å². The maximum absolute atomic E-state index is 14.3. The second kappa shape index (κ2) is 7.42. The second-order valence-electron chi connectivity index (χ2n) is 6.40. The van der Waals surface area contributed by atoms with E-state index in [1.54, 1.807) is 0 Å². The molecule has 2 aliphatic rings. The van der Waals surface area contributed by atoms with E-state index in [4.69, 9.17) is 21.1 Å². The molecule has 0 N–H and O–H groups in total. The Bertz CT molecular complexity index is 815. The highest BCUT2D eigenvalue weighted by atomic mass is 35.5. The summed E-state index contributed by atoms with van der Waals surface area (Å²) in [5, 5.41) is -0.0872. The van der Waals surface area contributed by atoms with E-state index in [0.717, 1.165) is 36.7 Å². The SMILES string of the molecule is Fc1cc2c(c(-c3nc(Cl)ncc3F)c1)N(COC1CCCCO1)CC2. The van der Waals surface area contributed by atoms with Gasteiger partial charge in [-0.3, -0.25) is 0 Å². The lowest BCUT2D eigenvalue weighted by Crippen LogP contribution is -2.31. The summed E-state index contributed by atoms with van der Waals surface area (Å²) in [6.45, 7) is 1.64. The van der Waals surface area contributed by atoms with Gasteiger partial charge in [-0.05, 0) is 55.0 Å². The highest BCUT2D eigenvalue weighted by molar-refractivity contribution is 6.28. The lowest BCUT2D eigenvalue weighted by Gasteiger charge is -2.27. The van der Waals surface area contributed by atoms with Gasteiger partial charge in [-0.15, -0.1) is 0 Å². The molecule has 1 aromatic carbocycles. The van der Waals surface area contributed by atoms with Gasteiger partial charge >= 0.3 is 0 Å². The monoisotopic (exact) mass is 381 g/mol. The molecule has 1 fully saturated rings. The fraction of sp³-hybridized carbons (Fsp3) is 0.444. The average Bonchev–Trinajstić information content (AvgIpc) is 3.05. The van der Waals surface area contributed by atoms with Gasteiger partial charge in [0.25, 0.3) is 0 Å². The minimum absolute atomic E-state index is 0.0124. The van der Waals surface area contributed by atoms with Gasteiger partial charge in [-0.1, -0.05) is 0 Å². The van der Waals surface area contributed by atoms with E-state index < -0.39 is 11.6 Å². The van der Waals surface area contributed by atoms with Crippen molar-refractivity contribution in [3.8, 4) is 11.3 Å². The molecule has 0 saturated carbocycles. The Morgan fingerprint density at radius 2 is 2.19 bits per heavy atom. The summed E-state index contributed by atoms with van der Waals surface area (Å²) in [7, 11) is 0. The maximum Gasteiger partial charge on any atom is 0.223 e. The first-order valence-electron chi connectivity index (χ1n) is 8.61. The van der Waals surface area contributed by atoms with E-state index in [9.17, 15) is 8.78 Å². The van der Waals surface area contributed by atoms with Crippen molar-refractivity contribution in [2.75, 3.05) is 24.8 Å². The second-order valence-corrected chi connectivity index (χ2v) is 6.74. The van der Waals surface area contributed by atoms with Crippen molar-refractivity contribution in [3.05, 3.63) is 40.8 Å². The van der Waals surface area contributed by atoms with E-state index >= 15 is 0 Å². The van der Waals surface area contributed by atoms with Crippen LogP contribution in [0.3, 0.4) is 0 Å². The molecule has 2 aromatic rings. The highest BCUT2D eigenvalue weighted by Crippen LogP contribution is 2.39. The van der Waals surface area contributed by atoms with Crippen LogP contribution in [-0.4, -0.2) is 36.1 Å². The van der Waals surface area contributed by atoms with Crippen LogP contribution in [0.15, 0.2) is 18.3 Å². The van der Waals surface area contributed by atoms with Crippen molar-refractivity contribution in [3.63, 3.8) is 0 Å². The molecule has 26 heavy (non-hydrogen) atoms. The molecule has 5 nitrogen and oxygen atoms in total. The third kappa shape index (κ3) is 3.51. The summed E-state index contributed by atoms with van der Waals surface area (Å²) >= 11 is 5.82. The quantitative estimate of drug-likeness (QED) is 0.751. The predicted octanol–water partition coefficient (Wildman–Crippen LogP) is 3.94. The van der Waals surface area contributed by atoms with Crippen molar-refractivity contribution >= 4 is 17.3 Å². The number of halogens is 3. The molecule has 0 spiro atoms. The summed E-state index contributed by atoms with van der Waals surface area (Å²) in [6.07, 6.45) is 4.38. The Kier molecular flexibility index (Phi) is 5.02. The van der Waals surface area contributed by atoms with Crippen LogP contribution < -0.4 is 4.90 Å². The minimum atomic E-state index is -0.648. The van der Waals surface area contributed by atoms with E-state index in [1.807, 2.05) is 4.90 Å². The molecular weight excluding hydrogens is 364 g/mol. The Hall–Kier alpha value is -1.83. The lowest BCUT2D eigenvalue weighted by atomic mass is 10.0. The Morgan fingerprint density at radius 1 is 1.31 bits per heavy atom. The number of hydrogen-bond acceptors (Lipinski definition) is 5. The van der Waals surface area contributed by atoms with E-state index in [2.05, 4.69) is 9.97 Å². The molecule has 0 radical (unpaired) electrons. The van der Waals surface area contributed by atoms with E-state index in [-0.39, 0.29) is 24.0 Å². The molecular formula is C18H18ClF2N3O2. The first-order chi connectivity index (χ1) is 12.6. The Labute approximate surface area is 154 Å². The van der Waals surface area contributed by atoms with Crippen molar-refractivity contribution < 1.29 is 18.3 Å². The van der Waals surface area contributed by atoms with Gasteiger partial charge in [0.1, 0.15) is 18.2 Å². The van der Waals surface area contributed by atoms with E-state index in [0.29, 0.717) is 25.1 Å². The molecule has 3 heterocycles. The fourth-order valence-electron chi connectivity index (χ4n) is 3.45. The van der Waals surface area contributed by atoms with Crippen LogP contribution in [0.5, 0.6) is 0 Å². The molecule has 0 aliphatic carbocycles. The van der Waals surface area contributed by atoms with Crippen LogP contribution in [0.4, 0.5) is 14.5 Å². The number of nitrogens with zero attached hydrogens (tertiary/aromatic N) is 3. The lowest BCUT2D eigenvalue weighted by molar-refractivity contribution is -0.161. The molecule has 8 heteroatoms. The molecule has 1 aromatic heterocycles. The number of benzene rings is 1. The molecule has 2 aliphatic heterocycles. The number of hydrogen-bond donors (Lipinski definition) is 0. The zero-order valence-electron chi connectivity index (χ0n) is 14.1. The predicted molar refractivity (Wildman–Crippen MR) is 93.0 cm³/mol. The van der Waals surface area contributed by atoms with Crippen LogP contribution in [-0.2, 0) is 15.9 Å². The summed E-state index contributed by atoms with van der Waals surface area (Å²) in [6, 6.07) is 2.74. The molecule has 1 unspecified atom stereocenters.